The predicted molar refractivity (Wildman–Crippen MR) is 135 cm³/mol. The molecular weight excluding hydrogens is 507 g/mol. The Balaban J connectivity index is 0.00000256. The van der Waals surface area contributed by atoms with Crippen molar-refractivity contribution >= 4 is 41.3 Å². The molecule has 2 N–H and O–H groups in total. The summed E-state index contributed by atoms with van der Waals surface area (Å²) < 4.78 is 5.72. The van der Waals surface area contributed by atoms with Crippen molar-refractivity contribution in [2.75, 3.05) is 13.7 Å². The van der Waals surface area contributed by atoms with Crippen molar-refractivity contribution < 1.29 is 4.74 Å². The highest BCUT2D eigenvalue weighted by Crippen LogP contribution is 2.30. The number of ether oxygens (including phenoxy) is 1. The number of nitrogens with zero attached hydrogens (tertiary/aromatic N) is 2. The highest BCUT2D eigenvalue weighted by atomic mass is 127. The molecule has 0 aliphatic carbocycles. The van der Waals surface area contributed by atoms with Crippen molar-refractivity contribution in [1.29, 1.82) is 0 Å². The van der Waals surface area contributed by atoms with Crippen LogP contribution in [0.2, 0.25) is 0 Å². The third-order valence-corrected chi connectivity index (χ3v) is 5.87. The number of hydrogen-bond acceptors (Lipinski definition) is 4. The van der Waals surface area contributed by atoms with Crippen LogP contribution in [0.1, 0.15) is 27.4 Å². The molecule has 1 aliphatic heterocycles. The minimum absolute atomic E-state index is 0. The van der Waals surface area contributed by atoms with E-state index in [1.54, 1.807) is 18.4 Å². The van der Waals surface area contributed by atoms with Crippen LogP contribution in [0.4, 0.5) is 0 Å². The Kier molecular flexibility index (Phi) is 8.09. The molecule has 7 heteroatoms. The first-order valence-corrected chi connectivity index (χ1v) is 10.7. The first-order chi connectivity index (χ1) is 14.2. The minimum atomic E-state index is 0. The quantitative estimate of drug-likeness (QED) is 0.277. The van der Waals surface area contributed by atoms with Crippen LogP contribution in [-0.2, 0) is 19.5 Å². The van der Waals surface area contributed by atoms with Gasteiger partial charge in [-0.2, -0.15) is 0 Å². The fourth-order valence-corrected chi connectivity index (χ4v) is 4.13. The van der Waals surface area contributed by atoms with Crippen LogP contribution >= 0.6 is 35.3 Å². The molecule has 0 bridgehead atoms. The van der Waals surface area contributed by atoms with Gasteiger partial charge in [-0.15, -0.1) is 35.3 Å². The number of rotatable bonds is 5. The van der Waals surface area contributed by atoms with Crippen molar-refractivity contribution in [3.8, 4) is 16.9 Å². The number of thiazole rings is 1. The lowest BCUT2D eigenvalue weighted by molar-refractivity contribution is 0.288. The SMILES string of the molecule is CN=C(NCc1ccc(-c2ccc3c(c2)CCCO3)cc1)NCc1ncc(C)s1.I. The van der Waals surface area contributed by atoms with Gasteiger partial charge in [-0.05, 0) is 54.2 Å². The van der Waals surface area contributed by atoms with Gasteiger partial charge in [0.1, 0.15) is 10.8 Å². The van der Waals surface area contributed by atoms with Crippen LogP contribution in [0.25, 0.3) is 11.1 Å². The zero-order valence-corrected chi connectivity index (χ0v) is 20.4. The molecule has 0 unspecified atom stereocenters. The first-order valence-electron chi connectivity index (χ1n) is 9.92. The van der Waals surface area contributed by atoms with E-state index in [1.165, 1.54) is 27.1 Å². The molecule has 2 heterocycles. The van der Waals surface area contributed by atoms with Crippen molar-refractivity contribution in [2.24, 2.45) is 4.99 Å². The highest BCUT2D eigenvalue weighted by Gasteiger charge is 2.11. The van der Waals surface area contributed by atoms with Gasteiger partial charge >= 0.3 is 0 Å². The molecule has 2 aromatic carbocycles. The summed E-state index contributed by atoms with van der Waals surface area (Å²) in [6.45, 7) is 4.29. The number of aromatic nitrogens is 1. The van der Waals surface area contributed by atoms with Crippen LogP contribution in [0.3, 0.4) is 0 Å². The van der Waals surface area contributed by atoms with Crippen LogP contribution < -0.4 is 15.4 Å². The van der Waals surface area contributed by atoms with E-state index in [1.807, 2.05) is 6.20 Å². The Morgan fingerprint density at radius 1 is 1.10 bits per heavy atom. The number of hydrogen-bond donors (Lipinski definition) is 2. The molecule has 1 aliphatic rings. The van der Waals surface area contributed by atoms with Gasteiger partial charge in [0.2, 0.25) is 0 Å². The van der Waals surface area contributed by atoms with Gasteiger partial charge in [-0.1, -0.05) is 30.3 Å². The van der Waals surface area contributed by atoms with Crippen LogP contribution in [0.5, 0.6) is 5.75 Å². The van der Waals surface area contributed by atoms with Crippen molar-refractivity contribution in [1.82, 2.24) is 15.6 Å². The van der Waals surface area contributed by atoms with Crippen LogP contribution in [-0.4, -0.2) is 24.6 Å². The molecule has 158 valence electrons. The summed E-state index contributed by atoms with van der Waals surface area (Å²) in [6, 6.07) is 15.2. The minimum Gasteiger partial charge on any atom is -0.493 e. The average Bonchev–Trinajstić information content (AvgIpc) is 3.19. The molecule has 4 rings (SSSR count). The number of halogens is 1. The van der Waals surface area contributed by atoms with E-state index in [0.29, 0.717) is 6.54 Å². The molecule has 30 heavy (non-hydrogen) atoms. The Morgan fingerprint density at radius 2 is 1.87 bits per heavy atom. The van der Waals surface area contributed by atoms with E-state index >= 15 is 0 Å². The maximum atomic E-state index is 5.72. The summed E-state index contributed by atoms with van der Waals surface area (Å²) in [4.78, 5) is 9.88. The lowest BCUT2D eigenvalue weighted by Gasteiger charge is -2.18. The van der Waals surface area contributed by atoms with E-state index in [-0.39, 0.29) is 24.0 Å². The van der Waals surface area contributed by atoms with E-state index in [0.717, 1.165) is 42.7 Å². The standard InChI is InChI=1S/C23H26N4OS.HI/c1-16-13-25-22(29-16)15-27-23(24-2)26-14-17-5-7-18(8-6-17)19-9-10-21-20(12-19)4-3-11-28-21;/h5-10,12-13H,3-4,11,14-15H2,1-2H3,(H2,24,26,27);1H. The molecular formula is C23H27IN4OS. The molecule has 0 atom stereocenters. The monoisotopic (exact) mass is 534 g/mol. The number of nitrogens with one attached hydrogen (secondary N) is 2. The summed E-state index contributed by atoms with van der Waals surface area (Å²) in [5.74, 6) is 1.81. The first kappa shape index (κ1) is 22.6. The Bertz CT molecular complexity index is 1000. The van der Waals surface area contributed by atoms with Gasteiger partial charge in [0.15, 0.2) is 5.96 Å². The molecule has 0 saturated carbocycles. The normalized spacial score (nSPS) is 13.1. The predicted octanol–water partition coefficient (Wildman–Crippen LogP) is 4.93. The van der Waals surface area contributed by atoms with Crippen molar-refractivity contribution in [3.63, 3.8) is 0 Å². The highest BCUT2D eigenvalue weighted by molar-refractivity contribution is 14.0. The third kappa shape index (κ3) is 5.72. The fourth-order valence-electron chi connectivity index (χ4n) is 3.40. The smallest absolute Gasteiger partial charge is 0.191 e. The van der Waals surface area contributed by atoms with Crippen molar-refractivity contribution in [3.05, 3.63) is 69.7 Å². The zero-order chi connectivity index (χ0) is 20.1. The molecule has 0 saturated heterocycles. The fraction of sp³-hybridized carbons (Fsp3) is 0.304. The molecule has 1 aromatic heterocycles. The maximum absolute atomic E-state index is 5.72. The number of benzene rings is 2. The third-order valence-electron chi connectivity index (χ3n) is 4.96. The second-order valence-corrected chi connectivity index (χ2v) is 8.43. The van der Waals surface area contributed by atoms with Gasteiger partial charge in [0.05, 0.1) is 13.2 Å². The van der Waals surface area contributed by atoms with E-state index in [2.05, 4.69) is 70.0 Å². The Hall–Kier alpha value is -2.13. The summed E-state index contributed by atoms with van der Waals surface area (Å²) in [6.07, 6.45) is 4.09. The summed E-state index contributed by atoms with van der Waals surface area (Å²) in [7, 11) is 1.78. The lowest BCUT2D eigenvalue weighted by atomic mass is 9.98. The summed E-state index contributed by atoms with van der Waals surface area (Å²) >= 11 is 1.70. The Morgan fingerprint density at radius 3 is 2.60 bits per heavy atom. The van der Waals surface area contributed by atoms with E-state index in [4.69, 9.17) is 4.74 Å². The number of aliphatic imine (C=N–C) groups is 1. The summed E-state index contributed by atoms with van der Waals surface area (Å²) in [5, 5.41) is 7.73. The van der Waals surface area contributed by atoms with Crippen LogP contribution in [0, 0.1) is 6.92 Å². The topological polar surface area (TPSA) is 58.5 Å². The van der Waals surface area contributed by atoms with Gasteiger partial charge in [0, 0.05) is 24.7 Å². The van der Waals surface area contributed by atoms with Crippen molar-refractivity contribution in [2.45, 2.75) is 32.9 Å². The van der Waals surface area contributed by atoms with Gasteiger partial charge in [0.25, 0.3) is 0 Å². The number of aryl methyl sites for hydroxylation is 2. The number of guanidine groups is 1. The second-order valence-electron chi connectivity index (χ2n) is 7.12. The van der Waals surface area contributed by atoms with Gasteiger partial charge in [-0.3, -0.25) is 4.99 Å². The second kappa shape index (κ2) is 10.8. The Labute approximate surface area is 199 Å². The summed E-state index contributed by atoms with van der Waals surface area (Å²) in [5.41, 5.74) is 4.99. The molecule has 3 aromatic rings. The molecule has 0 radical (unpaired) electrons. The van der Waals surface area contributed by atoms with E-state index < -0.39 is 0 Å². The average molecular weight is 534 g/mol. The molecule has 0 amide bonds. The lowest BCUT2D eigenvalue weighted by Crippen LogP contribution is -2.36. The van der Waals surface area contributed by atoms with E-state index in [9.17, 15) is 0 Å². The zero-order valence-electron chi connectivity index (χ0n) is 17.3. The number of fused-ring (bicyclic) bond motifs is 1. The molecule has 0 fully saturated rings. The van der Waals surface area contributed by atoms with Gasteiger partial charge < -0.3 is 15.4 Å². The van der Waals surface area contributed by atoms with Crippen LogP contribution in [0.15, 0.2) is 53.7 Å². The largest absolute Gasteiger partial charge is 0.493 e. The van der Waals surface area contributed by atoms with Gasteiger partial charge in [-0.25, -0.2) is 4.98 Å². The maximum Gasteiger partial charge on any atom is 0.191 e. The molecule has 0 spiro atoms. The molecule has 5 nitrogen and oxygen atoms in total.